The summed E-state index contributed by atoms with van der Waals surface area (Å²) in [6.07, 6.45) is 1.22. The number of halogens is 2. The van der Waals surface area contributed by atoms with Crippen LogP contribution in [0.3, 0.4) is 0 Å². The van der Waals surface area contributed by atoms with Gasteiger partial charge in [0.2, 0.25) is 0 Å². The van der Waals surface area contributed by atoms with E-state index in [0.717, 1.165) is 5.82 Å². The van der Waals surface area contributed by atoms with Crippen LogP contribution in [0, 0.1) is 0 Å². The molecule has 1 aromatic carbocycles. The summed E-state index contributed by atoms with van der Waals surface area (Å²) in [5.74, 6) is -1.40. The molecule has 0 atom stereocenters. The topological polar surface area (TPSA) is 26.3 Å². The number of rotatable bonds is 3. The molecule has 0 heterocycles. The van der Waals surface area contributed by atoms with Crippen molar-refractivity contribution in [2.75, 3.05) is 0 Å². The molecule has 13 heavy (non-hydrogen) atoms. The maximum atomic E-state index is 10.8. The van der Waals surface area contributed by atoms with E-state index in [-0.39, 0.29) is 0 Å². The number of para-hydroxylation sites is 1. The highest BCUT2D eigenvalue weighted by atomic mass is 35.9. The van der Waals surface area contributed by atoms with Crippen molar-refractivity contribution in [2.45, 2.75) is 0 Å². The third kappa shape index (κ3) is 4.99. The Balaban J connectivity index is 2.54. The van der Waals surface area contributed by atoms with Crippen LogP contribution in [0.25, 0.3) is 0 Å². The molecule has 1 rings (SSSR count). The molecule has 2 nitrogen and oxygen atoms in total. The highest BCUT2D eigenvalue weighted by Crippen LogP contribution is 2.57. The largest absolute Gasteiger partial charge is 0.465 e. The monoisotopic (exact) mass is 236 g/mol. The van der Waals surface area contributed by atoms with Crippen molar-refractivity contribution in [1.29, 1.82) is 0 Å². The van der Waals surface area contributed by atoms with E-state index >= 15 is 0 Å². The van der Waals surface area contributed by atoms with Gasteiger partial charge in [-0.25, -0.2) is 0 Å². The summed E-state index contributed by atoms with van der Waals surface area (Å²) in [7, 11) is 0. The van der Waals surface area contributed by atoms with Crippen LogP contribution in [-0.2, 0) is 4.57 Å². The first-order chi connectivity index (χ1) is 6.08. The molecular weight excluding hydrogens is 230 g/mol. The van der Waals surface area contributed by atoms with Crippen LogP contribution < -0.4 is 4.74 Å². The Labute approximate surface area is 86.1 Å². The van der Waals surface area contributed by atoms with E-state index in [1.807, 2.05) is 18.2 Å². The fourth-order valence-electron chi connectivity index (χ4n) is 0.679. The second-order valence-corrected chi connectivity index (χ2v) is 7.05. The minimum Gasteiger partial charge on any atom is -0.465 e. The van der Waals surface area contributed by atoms with Crippen LogP contribution >= 0.6 is 28.3 Å². The SMILES string of the molecule is O=P(Cl)(Cl)C=COc1ccccc1. The zero-order valence-electron chi connectivity index (χ0n) is 6.56. The quantitative estimate of drug-likeness (QED) is 0.581. The minimum absolute atomic E-state index is 0.639. The Morgan fingerprint density at radius 1 is 1.23 bits per heavy atom. The number of hydrogen-bond donors (Lipinski definition) is 0. The predicted molar refractivity (Wildman–Crippen MR) is 55.5 cm³/mol. The van der Waals surface area contributed by atoms with Crippen LogP contribution in [0.2, 0.25) is 0 Å². The lowest BCUT2D eigenvalue weighted by Gasteiger charge is -1.98. The lowest BCUT2D eigenvalue weighted by molar-refractivity contribution is 0.482. The van der Waals surface area contributed by atoms with Gasteiger partial charge >= 0.3 is 0 Å². The van der Waals surface area contributed by atoms with Crippen molar-refractivity contribution in [3.63, 3.8) is 0 Å². The van der Waals surface area contributed by atoms with Crippen LogP contribution in [-0.4, -0.2) is 0 Å². The smallest absolute Gasteiger partial charge is 0.278 e. The minimum atomic E-state index is -3.16. The molecule has 0 bridgehead atoms. The van der Waals surface area contributed by atoms with E-state index in [1.54, 1.807) is 12.1 Å². The fourth-order valence-corrected chi connectivity index (χ4v) is 1.16. The zero-order chi connectivity index (χ0) is 9.73. The van der Waals surface area contributed by atoms with Gasteiger partial charge in [-0.15, -0.1) is 0 Å². The normalized spacial score (nSPS) is 11.8. The van der Waals surface area contributed by atoms with Gasteiger partial charge in [0.15, 0.2) is 0 Å². The molecule has 0 aromatic heterocycles. The van der Waals surface area contributed by atoms with Crippen molar-refractivity contribution < 1.29 is 9.30 Å². The summed E-state index contributed by atoms with van der Waals surface area (Å²) < 4.78 is 15.8. The molecule has 70 valence electrons. The molecule has 0 radical (unpaired) electrons. The zero-order valence-corrected chi connectivity index (χ0v) is 8.97. The van der Waals surface area contributed by atoms with Crippen molar-refractivity contribution in [2.24, 2.45) is 0 Å². The first-order valence-electron chi connectivity index (χ1n) is 3.46. The fraction of sp³-hybridized carbons (Fsp3) is 0. The molecule has 5 heteroatoms. The van der Waals surface area contributed by atoms with Gasteiger partial charge in [0.25, 0.3) is 5.85 Å². The Morgan fingerprint density at radius 2 is 1.85 bits per heavy atom. The van der Waals surface area contributed by atoms with Gasteiger partial charge in [-0.3, -0.25) is 4.57 Å². The Hall–Kier alpha value is -0.430. The highest BCUT2D eigenvalue weighted by molar-refractivity contribution is 8.10. The second kappa shape index (κ2) is 4.71. The Bertz CT molecular complexity index is 331. The Kier molecular flexibility index (Phi) is 3.86. The van der Waals surface area contributed by atoms with Gasteiger partial charge in [-0.2, -0.15) is 0 Å². The summed E-state index contributed by atoms with van der Waals surface area (Å²) in [5.41, 5.74) is 0. The van der Waals surface area contributed by atoms with Gasteiger partial charge in [-0.05, 0) is 34.6 Å². The van der Waals surface area contributed by atoms with Gasteiger partial charge in [0, 0.05) is 5.82 Å². The maximum absolute atomic E-state index is 10.8. The van der Waals surface area contributed by atoms with Gasteiger partial charge in [-0.1, -0.05) is 18.2 Å². The maximum Gasteiger partial charge on any atom is 0.278 e. The van der Waals surface area contributed by atoms with Crippen LogP contribution in [0.15, 0.2) is 42.4 Å². The lowest BCUT2D eigenvalue weighted by atomic mass is 10.3. The van der Waals surface area contributed by atoms with E-state index < -0.39 is 5.85 Å². The second-order valence-electron chi connectivity index (χ2n) is 2.22. The molecule has 0 aliphatic carbocycles. The molecule has 0 unspecified atom stereocenters. The summed E-state index contributed by atoms with van der Waals surface area (Å²) >= 11 is 10.5. The van der Waals surface area contributed by atoms with E-state index in [2.05, 4.69) is 0 Å². The Morgan fingerprint density at radius 3 is 2.38 bits per heavy atom. The molecule has 0 N–H and O–H groups in total. The molecule has 0 fully saturated rings. The average Bonchev–Trinajstić information content (AvgIpc) is 2.04. The molecule has 0 aliphatic heterocycles. The van der Waals surface area contributed by atoms with Crippen molar-refractivity contribution in [3.05, 3.63) is 42.4 Å². The van der Waals surface area contributed by atoms with Gasteiger partial charge in [0.1, 0.15) is 5.75 Å². The molecule has 1 aromatic rings. The first kappa shape index (κ1) is 10.6. The summed E-state index contributed by atoms with van der Waals surface area (Å²) in [6, 6.07) is 9.04. The number of benzene rings is 1. The first-order valence-corrected chi connectivity index (χ1v) is 7.05. The standard InChI is InChI=1S/C8H7Cl2O2P/c9-13(10,11)7-6-12-8-4-2-1-3-5-8/h1-7H. The van der Waals surface area contributed by atoms with E-state index in [9.17, 15) is 4.57 Å². The van der Waals surface area contributed by atoms with Crippen LogP contribution in [0.1, 0.15) is 0 Å². The van der Waals surface area contributed by atoms with Crippen LogP contribution in [0.5, 0.6) is 5.75 Å². The van der Waals surface area contributed by atoms with E-state index in [0.29, 0.717) is 5.75 Å². The lowest BCUT2D eigenvalue weighted by Crippen LogP contribution is -1.78. The van der Waals surface area contributed by atoms with E-state index in [1.165, 1.54) is 6.26 Å². The molecule has 0 aliphatic rings. The number of ether oxygens (including phenoxy) is 1. The van der Waals surface area contributed by atoms with Crippen molar-refractivity contribution >= 4 is 28.3 Å². The van der Waals surface area contributed by atoms with Gasteiger partial charge < -0.3 is 4.74 Å². The molecular formula is C8H7Cl2O2P. The van der Waals surface area contributed by atoms with E-state index in [4.69, 9.17) is 27.2 Å². The van der Waals surface area contributed by atoms with Crippen molar-refractivity contribution in [1.82, 2.24) is 0 Å². The third-order valence-corrected chi connectivity index (χ3v) is 2.33. The predicted octanol–water partition coefficient (Wildman–Crippen LogP) is 4.21. The highest BCUT2D eigenvalue weighted by Gasteiger charge is 2.06. The summed E-state index contributed by atoms with van der Waals surface area (Å²) in [4.78, 5) is 0. The molecule has 0 spiro atoms. The van der Waals surface area contributed by atoms with Gasteiger partial charge in [0.05, 0.1) is 6.26 Å². The summed E-state index contributed by atoms with van der Waals surface area (Å²) in [5, 5.41) is 0. The van der Waals surface area contributed by atoms with Crippen LogP contribution in [0.4, 0.5) is 0 Å². The average molecular weight is 237 g/mol. The van der Waals surface area contributed by atoms with Crippen molar-refractivity contribution in [3.8, 4) is 5.75 Å². The molecule has 0 amide bonds. The molecule has 0 saturated heterocycles. The number of hydrogen-bond acceptors (Lipinski definition) is 2. The molecule has 0 saturated carbocycles. The summed E-state index contributed by atoms with van der Waals surface area (Å²) in [6.45, 7) is 0. The third-order valence-electron chi connectivity index (χ3n) is 1.18.